The van der Waals surface area contributed by atoms with Gasteiger partial charge in [0.1, 0.15) is 0 Å². The Hall–Kier alpha value is -1.43. The van der Waals surface area contributed by atoms with Crippen molar-refractivity contribution in [2.24, 2.45) is 5.41 Å². The molecule has 2 fully saturated rings. The van der Waals surface area contributed by atoms with Crippen molar-refractivity contribution in [2.75, 3.05) is 26.7 Å². The lowest BCUT2D eigenvalue weighted by Crippen LogP contribution is -2.40. The number of likely N-dealkylation sites (N-methyl/N-ethyl adjacent to an activating group) is 1. The quantitative estimate of drug-likeness (QED) is 0.829. The smallest absolute Gasteiger partial charge is 0.241 e. The highest BCUT2D eigenvalue weighted by atomic mass is 32.1. The minimum atomic E-state index is 0.0376. The third-order valence-corrected chi connectivity index (χ3v) is 6.34. The van der Waals surface area contributed by atoms with Crippen LogP contribution in [0.4, 0.5) is 0 Å². The molecule has 5 nitrogen and oxygen atoms in total. The van der Waals surface area contributed by atoms with Gasteiger partial charge in [0.25, 0.3) is 0 Å². The molecule has 0 unspecified atom stereocenters. The maximum Gasteiger partial charge on any atom is 0.241 e. The highest BCUT2D eigenvalue weighted by Crippen LogP contribution is 2.45. The molecule has 1 aliphatic heterocycles. The maximum absolute atomic E-state index is 12.4. The largest absolute Gasteiger partial charge is 0.344 e. The Kier molecular flexibility index (Phi) is 4.71. The zero-order chi connectivity index (χ0) is 16.4. The van der Waals surface area contributed by atoms with Crippen LogP contribution in [0, 0.1) is 12.3 Å². The van der Waals surface area contributed by atoms with Crippen LogP contribution < -0.4 is 0 Å². The second-order valence-electron chi connectivity index (χ2n) is 7.06. The topological polar surface area (TPSA) is 53.5 Å². The number of hydrogen-bond acceptors (Lipinski definition) is 4. The summed E-state index contributed by atoms with van der Waals surface area (Å²) in [5.74, 6) is 0.197. The Balaban J connectivity index is 1.50. The van der Waals surface area contributed by atoms with E-state index in [0.717, 1.165) is 31.5 Å². The number of carbonyl (C=O) groups excluding carboxylic acids is 2. The summed E-state index contributed by atoms with van der Waals surface area (Å²) in [7, 11) is 1.82. The van der Waals surface area contributed by atoms with Crippen molar-refractivity contribution in [2.45, 2.75) is 45.4 Å². The lowest BCUT2D eigenvalue weighted by atomic mass is 9.85. The molecular formula is C17H25N3O2S. The fourth-order valence-corrected chi connectivity index (χ4v) is 4.60. The second kappa shape index (κ2) is 6.59. The maximum atomic E-state index is 12.4. The van der Waals surface area contributed by atoms with Crippen LogP contribution in [0.15, 0.2) is 5.51 Å². The highest BCUT2D eigenvalue weighted by Gasteiger charge is 2.45. The normalized spacial score (nSPS) is 19.7. The molecule has 126 valence electrons. The molecule has 1 spiro atoms. The summed E-state index contributed by atoms with van der Waals surface area (Å²) in [6.45, 7) is 3.69. The highest BCUT2D eigenvalue weighted by molar-refractivity contribution is 7.09. The van der Waals surface area contributed by atoms with Crippen LogP contribution in [0.1, 0.15) is 42.7 Å². The van der Waals surface area contributed by atoms with Gasteiger partial charge in [-0.05, 0) is 25.2 Å². The van der Waals surface area contributed by atoms with E-state index in [1.807, 2.05) is 19.5 Å². The van der Waals surface area contributed by atoms with Gasteiger partial charge in [-0.15, -0.1) is 11.3 Å². The third kappa shape index (κ3) is 3.57. The molecule has 23 heavy (non-hydrogen) atoms. The number of carbonyl (C=O) groups is 2. The lowest BCUT2D eigenvalue weighted by Gasteiger charge is -2.24. The minimum absolute atomic E-state index is 0.0376. The SMILES string of the molecule is Cc1ncsc1CCN(C)C(=O)CN1CC2(CCCC2)CC1=O. The van der Waals surface area contributed by atoms with Crippen molar-refractivity contribution in [1.82, 2.24) is 14.8 Å². The Bertz CT molecular complexity index is 592. The van der Waals surface area contributed by atoms with Gasteiger partial charge in [0, 0.05) is 37.9 Å². The standard InChI is InChI=1S/C17H25N3O2S/c1-13-14(23-12-18-13)5-8-19(2)16(22)10-20-11-17(9-15(20)21)6-3-4-7-17/h12H,3-11H2,1-2H3. The van der Waals surface area contributed by atoms with Crippen LogP contribution in [0.5, 0.6) is 0 Å². The first-order valence-electron chi connectivity index (χ1n) is 8.40. The van der Waals surface area contributed by atoms with Gasteiger partial charge in [-0.2, -0.15) is 0 Å². The van der Waals surface area contributed by atoms with Crippen molar-refractivity contribution >= 4 is 23.2 Å². The average Bonchev–Trinajstić information content (AvgIpc) is 3.20. The molecule has 2 amide bonds. The Labute approximate surface area is 141 Å². The number of amides is 2. The van der Waals surface area contributed by atoms with Gasteiger partial charge in [0.05, 0.1) is 17.7 Å². The van der Waals surface area contributed by atoms with E-state index in [9.17, 15) is 9.59 Å². The number of likely N-dealkylation sites (tertiary alicyclic amines) is 1. The fourth-order valence-electron chi connectivity index (χ4n) is 3.83. The van der Waals surface area contributed by atoms with Gasteiger partial charge in [-0.25, -0.2) is 4.98 Å². The Morgan fingerprint density at radius 1 is 1.43 bits per heavy atom. The molecule has 6 heteroatoms. The van der Waals surface area contributed by atoms with Gasteiger partial charge in [0.2, 0.25) is 11.8 Å². The van der Waals surface area contributed by atoms with Gasteiger partial charge in [-0.1, -0.05) is 12.8 Å². The predicted molar refractivity (Wildman–Crippen MR) is 90.3 cm³/mol. The zero-order valence-corrected chi connectivity index (χ0v) is 14.8. The third-order valence-electron chi connectivity index (χ3n) is 5.34. The van der Waals surface area contributed by atoms with Gasteiger partial charge in [0.15, 0.2) is 0 Å². The van der Waals surface area contributed by atoms with Crippen LogP contribution >= 0.6 is 11.3 Å². The van der Waals surface area contributed by atoms with E-state index in [0.29, 0.717) is 13.0 Å². The Morgan fingerprint density at radius 2 is 2.17 bits per heavy atom. The van der Waals surface area contributed by atoms with Crippen LogP contribution in [0.3, 0.4) is 0 Å². The van der Waals surface area contributed by atoms with Gasteiger partial charge in [-0.3, -0.25) is 9.59 Å². The predicted octanol–water partition coefficient (Wildman–Crippen LogP) is 2.25. The summed E-state index contributed by atoms with van der Waals surface area (Å²) in [5.41, 5.74) is 3.07. The van der Waals surface area contributed by atoms with Crippen LogP contribution in [-0.2, 0) is 16.0 Å². The molecule has 1 aromatic rings. The summed E-state index contributed by atoms with van der Waals surface area (Å²) in [5, 5.41) is 0. The van der Waals surface area contributed by atoms with Crippen molar-refractivity contribution in [3.8, 4) is 0 Å². The summed E-state index contributed by atoms with van der Waals surface area (Å²) in [4.78, 5) is 33.6. The van der Waals surface area contributed by atoms with Crippen LogP contribution in [0.25, 0.3) is 0 Å². The van der Waals surface area contributed by atoms with Crippen molar-refractivity contribution in [3.63, 3.8) is 0 Å². The van der Waals surface area contributed by atoms with E-state index in [1.165, 1.54) is 17.7 Å². The van der Waals surface area contributed by atoms with Crippen molar-refractivity contribution in [3.05, 3.63) is 16.1 Å². The molecule has 0 atom stereocenters. The zero-order valence-electron chi connectivity index (χ0n) is 14.0. The summed E-state index contributed by atoms with van der Waals surface area (Å²) in [6.07, 6.45) is 6.21. The number of hydrogen-bond donors (Lipinski definition) is 0. The van der Waals surface area contributed by atoms with Crippen LogP contribution in [0.2, 0.25) is 0 Å². The van der Waals surface area contributed by atoms with Crippen molar-refractivity contribution < 1.29 is 9.59 Å². The minimum Gasteiger partial charge on any atom is -0.344 e. The van der Waals surface area contributed by atoms with Gasteiger partial charge < -0.3 is 9.80 Å². The van der Waals surface area contributed by atoms with Gasteiger partial charge >= 0.3 is 0 Å². The lowest BCUT2D eigenvalue weighted by molar-refractivity contribution is -0.137. The molecule has 0 N–H and O–H groups in total. The number of nitrogens with zero attached hydrogens (tertiary/aromatic N) is 3. The fraction of sp³-hybridized carbons (Fsp3) is 0.706. The molecule has 1 saturated carbocycles. The number of rotatable bonds is 5. The summed E-state index contributed by atoms with van der Waals surface area (Å²) in [6, 6.07) is 0. The molecule has 0 bridgehead atoms. The molecule has 2 heterocycles. The van der Waals surface area contributed by atoms with E-state index < -0.39 is 0 Å². The summed E-state index contributed by atoms with van der Waals surface area (Å²) < 4.78 is 0. The van der Waals surface area contributed by atoms with E-state index in [1.54, 1.807) is 21.1 Å². The second-order valence-corrected chi connectivity index (χ2v) is 8.00. The Morgan fingerprint density at radius 3 is 2.83 bits per heavy atom. The summed E-state index contributed by atoms with van der Waals surface area (Å²) >= 11 is 1.64. The first-order chi connectivity index (χ1) is 11.0. The average molecular weight is 335 g/mol. The molecule has 1 saturated heterocycles. The van der Waals surface area contributed by atoms with Crippen molar-refractivity contribution in [1.29, 1.82) is 0 Å². The molecule has 0 radical (unpaired) electrons. The molecule has 2 aliphatic rings. The van der Waals surface area contributed by atoms with E-state index in [4.69, 9.17) is 0 Å². The van der Waals surface area contributed by atoms with E-state index >= 15 is 0 Å². The molecular weight excluding hydrogens is 310 g/mol. The van der Waals surface area contributed by atoms with Crippen LogP contribution in [-0.4, -0.2) is 53.3 Å². The van der Waals surface area contributed by atoms with E-state index in [-0.39, 0.29) is 23.8 Å². The monoisotopic (exact) mass is 335 g/mol. The number of thiazole rings is 1. The molecule has 3 rings (SSSR count). The first kappa shape index (κ1) is 16.4. The first-order valence-corrected chi connectivity index (χ1v) is 9.28. The molecule has 0 aromatic carbocycles. The number of aromatic nitrogens is 1. The molecule has 1 aromatic heterocycles. The van der Waals surface area contributed by atoms with E-state index in [2.05, 4.69) is 4.98 Å². The number of aryl methyl sites for hydroxylation is 1. The molecule has 1 aliphatic carbocycles.